The smallest absolute Gasteiger partial charge is 0.0605 e. The molecule has 0 spiro atoms. The van der Waals surface area contributed by atoms with E-state index in [1.807, 2.05) is 0 Å². The molecule has 214 valence electrons. The lowest BCUT2D eigenvalue weighted by Crippen LogP contribution is -2.41. The Morgan fingerprint density at radius 3 is 2.08 bits per heavy atom. The van der Waals surface area contributed by atoms with Gasteiger partial charge in [0.15, 0.2) is 0 Å². The third kappa shape index (κ3) is 14.8. The van der Waals surface area contributed by atoms with Crippen LogP contribution in [0, 0.1) is 29.6 Å². The maximum atomic E-state index is 6.33. The molecule has 36 heavy (non-hydrogen) atoms. The van der Waals surface area contributed by atoms with Gasteiger partial charge in [-0.15, -0.1) is 0 Å². The Labute approximate surface area is 227 Å². The molecule has 0 N–H and O–H groups in total. The lowest BCUT2D eigenvalue weighted by atomic mass is 9.76. The van der Waals surface area contributed by atoms with Crippen molar-refractivity contribution in [3.8, 4) is 0 Å². The second kappa shape index (κ2) is 19.9. The molecule has 0 aromatic carbocycles. The average molecular weight is 507 g/mol. The van der Waals surface area contributed by atoms with Crippen LogP contribution in [0.15, 0.2) is 0 Å². The quantitative estimate of drug-likeness (QED) is 0.144. The van der Waals surface area contributed by atoms with Crippen molar-refractivity contribution in [2.75, 3.05) is 13.2 Å². The standard InChI is InChI=1S/C34H66O2/c1-6-7-13-24-35-33-22-23-34-32(26-33)25-31(27-36-34)21-12-10-8-9-11-17-29(4)19-15-20-30(5)18-14-16-28(2)3/h28-34H,6-27H2,1-5H3. The molecule has 2 rings (SSSR count). The molecule has 1 saturated heterocycles. The van der Waals surface area contributed by atoms with Gasteiger partial charge in [0.25, 0.3) is 0 Å². The molecule has 6 unspecified atom stereocenters. The van der Waals surface area contributed by atoms with Crippen molar-refractivity contribution in [2.45, 2.75) is 175 Å². The molecule has 2 heteroatoms. The Morgan fingerprint density at radius 1 is 0.694 bits per heavy atom. The first kappa shape index (κ1) is 32.1. The Balaban J connectivity index is 1.42. The summed E-state index contributed by atoms with van der Waals surface area (Å²) in [5.41, 5.74) is 0. The second-order valence-electron chi connectivity index (χ2n) is 13.6. The van der Waals surface area contributed by atoms with E-state index in [1.165, 1.54) is 128 Å². The van der Waals surface area contributed by atoms with Crippen LogP contribution in [0.2, 0.25) is 0 Å². The second-order valence-corrected chi connectivity index (χ2v) is 13.6. The molecule has 1 aliphatic carbocycles. The Hall–Kier alpha value is -0.0800. The normalized spacial score (nSPS) is 26.2. The topological polar surface area (TPSA) is 18.5 Å². The third-order valence-corrected chi connectivity index (χ3v) is 9.33. The number of hydrogen-bond acceptors (Lipinski definition) is 2. The highest BCUT2D eigenvalue weighted by Gasteiger charge is 2.36. The van der Waals surface area contributed by atoms with Crippen molar-refractivity contribution in [2.24, 2.45) is 29.6 Å². The summed E-state index contributed by atoms with van der Waals surface area (Å²) in [5.74, 6) is 4.29. The minimum absolute atomic E-state index is 0.506. The lowest BCUT2D eigenvalue weighted by molar-refractivity contribution is -0.109. The molecule has 2 aliphatic rings. The average Bonchev–Trinajstić information content (AvgIpc) is 2.85. The molecular weight excluding hydrogens is 440 g/mol. The molecule has 1 heterocycles. The van der Waals surface area contributed by atoms with Gasteiger partial charge in [-0.25, -0.2) is 0 Å². The molecule has 2 nitrogen and oxygen atoms in total. The molecule has 0 radical (unpaired) electrons. The van der Waals surface area contributed by atoms with Crippen LogP contribution < -0.4 is 0 Å². The van der Waals surface area contributed by atoms with E-state index in [0.717, 1.165) is 42.8 Å². The van der Waals surface area contributed by atoms with Gasteiger partial charge in [0.2, 0.25) is 0 Å². The largest absolute Gasteiger partial charge is 0.378 e. The van der Waals surface area contributed by atoms with Crippen LogP contribution in [0.1, 0.15) is 163 Å². The zero-order valence-corrected chi connectivity index (χ0v) is 25.4. The van der Waals surface area contributed by atoms with E-state index in [2.05, 4.69) is 34.6 Å². The summed E-state index contributed by atoms with van der Waals surface area (Å²) >= 11 is 0. The lowest BCUT2D eigenvalue weighted by Gasteiger charge is -2.42. The van der Waals surface area contributed by atoms with Crippen LogP contribution in [-0.4, -0.2) is 25.4 Å². The number of fused-ring (bicyclic) bond motifs is 1. The van der Waals surface area contributed by atoms with Gasteiger partial charge in [0, 0.05) is 13.2 Å². The van der Waals surface area contributed by atoms with Gasteiger partial charge in [-0.1, -0.05) is 125 Å². The number of rotatable bonds is 21. The minimum Gasteiger partial charge on any atom is -0.378 e. The monoisotopic (exact) mass is 507 g/mol. The van der Waals surface area contributed by atoms with Gasteiger partial charge < -0.3 is 9.47 Å². The van der Waals surface area contributed by atoms with Crippen LogP contribution in [0.3, 0.4) is 0 Å². The summed E-state index contributed by atoms with van der Waals surface area (Å²) in [7, 11) is 0. The highest BCUT2D eigenvalue weighted by atomic mass is 16.5. The van der Waals surface area contributed by atoms with Gasteiger partial charge in [-0.3, -0.25) is 0 Å². The molecule has 2 fully saturated rings. The molecule has 1 saturated carbocycles. The number of hydrogen-bond donors (Lipinski definition) is 0. The summed E-state index contributed by atoms with van der Waals surface area (Å²) in [4.78, 5) is 0. The van der Waals surface area contributed by atoms with Gasteiger partial charge >= 0.3 is 0 Å². The summed E-state index contributed by atoms with van der Waals surface area (Å²) < 4.78 is 12.5. The van der Waals surface area contributed by atoms with Crippen molar-refractivity contribution in [1.82, 2.24) is 0 Å². The maximum absolute atomic E-state index is 6.33. The first-order valence-corrected chi connectivity index (χ1v) is 16.7. The highest BCUT2D eigenvalue weighted by molar-refractivity contribution is 4.86. The molecule has 0 aromatic heterocycles. The van der Waals surface area contributed by atoms with E-state index in [9.17, 15) is 0 Å². The SMILES string of the molecule is CCCCCOC1CCC2OCC(CCCCCCCC(C)CCCC(C)CCCC(C)C)CC2C1. The zero-order chi connectivity index (χ0) is 26.0. The minimum atomic E-state index is 0.506. The first-order valence-electron chi connectivity index (χ1n) is 16.7. The van der Waals surface area contributed by atoms with E-state index in [4.69, 9.17) is 9.47 Å². The molecule has 1 aliphatic heterocycles. The molecule has 0 amide bonds. The molecule has 0 aromatic rings. The van der Waals surface area contributed by atoms with Gasteiger partial charge in [0.1, 0.15) is 0 Å². The predicted octanol–water partition coefficient (Wildman–Crippen LogP) is 10.8. The van der Waals surface area contributed by atoms with E-state index in [-0.39, 0.29) is 0 Å². The summed E-state index contributed by atoms with van der Waals surface area (Å²) in [6.45, 7) is 13.9. The Kier molecular flexibility index (Phi) is 17.8. The van der Waals surface area contributed by atoms with Crippen LogP contribution in [0.4, 0.5) is 0 Å². The van der Waals surface area contributed by atoms with E-state index >= 15 is 0 Å². The fraction of sp³-hybridized carbons (Fsp3) is 1.00. The van der Waals surface area contributed by atoms with Crippen LogP contribution >= 0.6 is 0 Å². The molecule has 0 bridgehead atoms. The van der Waals surface area contributed by atoms with Crippen molar-refractivity contribution in [1.29, 1.82) is 0 Å². The number of ether oxygens (including phenoxy) is 2. The van der Waals surface area contributed by atoms with Gasteiger partial charge in [0.05, 0.1) is 12.2 Å². The van der Waals surface area contributed by atoms with Gasteiger partial charge in [-0.05, 0) is 68.1 Å². The van der Waals surface area contributed by atoms with Crippen molar-refractivity contribution < 1.29 is 9.47 Å². The van der Waals surface area contributed by atoms with Crippen LogP contribution in [0.5, 0.6) is 0 Å². The highest BCUT2D eigenvalue weighted by Crippen LogP contribution is 2.38. The molecule has 6 atom stereocenters. The van der Waals surface area contributed by atoms with Crippen molar-refractivity contribution in [3.05, 3.63) is 0 Å². The van der Waals surface area contributed by atoms with Crippen molar-refractivity contribution >= 4 is 0 Å². The Morgan fingerprint density at radius 2 is 1.36 bits per heavy atom. The van der Waals surface area contributed by atoms with Gasteiger partial charge in [-0.2, -0.15) is 0 Å². The Bertz CT molecular complexity index is 503. The van der Waals surface area contributed by atoms with Crippen LogP contribution in [-0.2, 0) is 9.47 Å². The molecular formula is C34H66O2. The fourth-order valence-corrected chi connectivity index (χ4v) is 6.81. The summed E-state index contributed by atoms with van der Waals surface area (Å²) in [6.07, 6.45) is 28.6. The van der Waals surface area contributed by atoms with E-state index < -0.39 is 0 Å². The van der Waals surface area contributed by atoms with E-state index in [0.29, 0.717) is 12.2 Å². The summed E-state index contributed by atoms with van der Waals surface area (Å²) in [5, 5.41) is 0. The predicted molar refractivity (Wildman–Crippen MR) is 158 cm³/mol. The third-order valence-electron chi connectivity index (χ3n) is 9.33. The first-order chi connectivity index (χ1) is 17.5. The number of unbranched alkanes of at least 4 members (excludes halogenated alkanes) is 6. The fourth-order valence-electron chi connectivity index (χ4n) is 6.81. The van der Waals surface area contributed by atoms with Crippen LogP contribution in [0.25, 0.3) is 0 Å². The zero-order valence-electron chi connectivity index (χ0n) is 25.4. The summed E-state index contributed by atoms with van der Waals surface area (Å²) in [6, 6.07) is 0. The van der Waals surface area contributed by atoms with E-state index in [1.54, 1.807) is 0 Å². The maximum Gasteiger partial charge on any atom is 0.0605 e. The van der Waals surface area contributed by atoms with Crippen molar-refractivity contribution in [3.63, 3.8) is 0 Å².